The summed E-state index contributed by atoms with van der Waals surface area (Å²) < 4.78 is 1.72. The van der Waals surface area contributed by atoms with Gasteiger partial charge < -0.3 is 10.0 Å². The van der Waals surface area contributed by atoms with Gasteiger partial charge >= 0.3 is 0 Å². The molecule has 0 bridgehead atoms. The fourth-order valence-electron chi connectivity index (χ4n) is 1.48. The summed E-state index contributed by atoms with van der Waals surface area (Å²) in [5, 5.41) is 9.11. The van der Waals surface area contributed by atoms with E-state index in [1.165, 1.54) is 0 Å². The van der Waals surface area contributed by atoms with Gasteiger partial charge in [0.25, 0.3) is 5.91 Å². The van der Waals surface area contributed by atoms with Crippen molar-refractivity contribution in [3.8, 4) is 0 Å². The Morgan fingerprint density at radius 2 is 1.80 bits per heavy atom. The highest BCUT2D eigenvalue weighted by atomic mass is 79.9. The van der Waals surface area contributed by atoms with E-state index in [9.17, 15) is 4.79 Å². The van der Waals surface area contributed by atoms with Crippen molar-refractivity contribution in [3.63, 3.8) is 0 Å². The second-order valence-electron chi connectivity index (χ2n) is 3.52. The van der Waals surface area contributed by atoms with E-state index >= 15 is 0 Å². The minimum absolute atomic E-state index is 0.0395. The van der Waals surface area contributed by atoms with Gasteiger partial charge in [-0.1, -0.05) is 31.9 Å². The van der Waals surface area contributed by atoms with Crippen molar-refractivity contribution >= 4 is 37.8 Å². The Bertz CT molecular complexity index is 382. The molecular formula is C10H9Br2NO2. The molecule has 5 heteroatoms. The van der Waals surface area contributed by atoms with E-state index in [2.05, 4.69) is 31.9 Å². The smallest absolute Gasteiger partial charge is 0.254 e. The third kappa shape index (κ3) is 2.41. The van der Waals surface area contributed by atoms with E-state index in [4.69, 9.17) is 5.11 Å². The van der Waals surface area contributed by atoms with Gasteiger partial charge in [0.15, 0.2) is 0 Å². The molecule has 1 aliphatic rings. The molecule has 1 amide bonds. The number of β-amino-alcohol motifs (C(OH)–C–C–N with tert-alkyl or cyclic N) is 1. The summed E-state index contributed by atoms with van der Waals surface area (Å²) >= 11 is 6.66. The minimum Gasteiger partial charge on any atom is -0.389 e. The van der Waals surface area contributed by atoms with Crippen molar-refractivity contribution in [3.05, 3.63) is 32.7 Å². The lowest BCUT2D eigenvalue weighted by atomic mass is 10.1. The van der Waals surface area contributed by atoms with Crippen molar-refractivity contribution in [1.82, 2.24) is 4.90 Å². The summed E-state index contributed by atoms with van der Waals surface area (Å²) in [5.41, 5.74) is 0.628. The fraction of sp³-hybridized carbons (Fsp3) is 0.300. The van der Waals surface area contributed by atoms with Gasteiger partial charge in [0.1, 0.15) is 0 Å². The van der Waals surface area contributed by atoms with E-state index in [1.54, 1.807) is 17.0 Å². The number of hydrogen-bond donors (Lipinski definition) is 1. The standard InChI is InChI=1S/C10H9Br2NO2/c11-7-1-6(2-8(12)3-7)10(15)13-4-9(14)5-13/h1-3,9,14H,4-5H2. The highest BCUT2D eigenvalue weighted by Gasteiger charge is 2.29. The van der Waals surface area contributed by atoms with Crippen LogP contribution in [0.5, 0.6) is 0 Å². The van der Waals surface area contributed by atoms with Crippen LogP contribution in [0.2, 0.25) is 0 Å². The first-order valence-electron chi connectivity index (χ1n) is 4.49. The molecule has 0 saturated carbocycles. The monoisotopic (exact) mass is 333 g/mol. The predicted molar refractivity (Wildman–Crippen MR) is 63.8 cm³/mol. The summed E-state index contributed by atoms with van der Waals surface area (Å²) in [4.78, 5) is 13.5. The molecule has 1 fully saturated rings. The molecule has 1 aromatic carbocycles. The highest BCUT2D eigenvalue weighted by molar-refractivity contribution is 9.11. The first-order chi connectivity index (χ1) is 7.06. The summed E-state index contributed by atoms with van der Waals surface area (Å²) in [6, 6.07) is 5.43. The van der Waals surface area contributed by atoms with Crippen LogP contribution in [0, 0.1) is 0 Å². The SMILES string of the molecule is O=C(c1cc(Br)cc(Br)c1)N1CC(O)C1. The Balaban J connectivity index is 2.18. The lowest BCUT2D eigenvalue weighted by Crippen LogP contribution is -2.53. The normalized spacial score (nSPS) is 16.3. The summed E-state index contributed by atoms with van der Waals surface area (Å²) in [6.45, 7) is 0.867. The Morgan fingerprint density at radius 1 is 1.27 bits per heavy atom. The molecule has 3 nitrogen and oxygen atoms in total. The van der Waals surface area contributed by atoms with Crippen LogP contribution >= 0.6 is 31.9 Å². The molecule has 0 radical (unpaired) electrons. The molecule has 0 spiro atoms. The van der Waals surface area contributed by atoms with Gasteiger partial charge in [-0.2, -0.15) is 0 Å². The first-order valence-corrected chi connectivity index (χ1v) is 6.08. The van der Waals surface area contributed by atoms with Gasteiger partial charge in [0, 0.05) is 27.6 Å². The molecule has 1 aromatic rings. The molecule has 80 valence electrons. The van der Waals surface area contributed by atoms with Crippen LogP contribution in [-0.4, -0.2) is 35.1 Å². The number of halogens is 2. The minimum atomic E-state index is -0.357. The molecule has 0 atom stereocenters. The summed E-state index contributed by atoms with van der Waals surface area (Å²) in [7, 11) is 0. The molecule has 1 saturated heterocycles. The Labute approximate surface area is 104 Å². The number of aliphatic hydroxyl groups excluding tert-OH is 1. The molecule has 15 heavy (non-hydrogen) atoms. The number of carbonyl (C=O) groups excluding carboxylic acids is 1. The molecule has 2 rings (SSSR count). The average molecular weight is 335 g/mol. The number of carbonyl (C=O) groups is 1. The van der Waals surface area contributed by atoms with Gasteiger partial charge in [0.05, 0.1) is 6.10 Å². The maximum Gasteiger partial charge on any atom is 0.254 e. The van der Waals surface area contributed by atoms with E-state index < -0.39 is 0 Å². The van der Waals surface area contributed by atoms with Gasteiger partial charge in [-0.05, 0) is 18.2 Å². The summed E-state index contributed by atoms with van der Waals surface area (Å²) in [5.74, 6) is -0.0395. The van der Waals surface area contributed by atoms with Crippen molar-refractivity contribution in [2.45, 2.75) is 6.10 Å². The molecular weight excluding hydrogens is 326 g/mol. The van der Waals surface area contributed by atoms with Gasteiger partial charge in [-0.15, -0.1) is 0 Å². The zero-order chi connectivity index (χ0) is 11.0. The third-order valence-corrected chi connectivity index (χ3v) is 3.17. The van der Waals surface area contributed by atoms with E-state index in [1.807, 2.05) is 6.07 Å². The highest BCUT2D eigenvalue weighted by Crippen LogP contribution is 2.22. The number of rotatable bonds is 1. The van der Waals surface area contributed by atoms with Gasteiger partial charge in [-0.25, -0.2) is 0 Å². The van der Waals surface area contributed by atoms with Crippen LogP contribution in [-0.2, 0) is 0 Å². The van der Waals surface area contributed by atoms with Gasteiger partial charge in [0.2, 0.25) is 0 Å². The first kappa shape index (κ1) is 11.1. The topological polar surface area (TPSA) is 40.5 Å². The van der Waals surface area contributed by atoms with E-state index in [0.29, 0.717) is 18.7 Å². The van der Waals surface area contributed by atoms with Crippen molar-refractivity contribution < 1.29 is 9.90 Å². The Morgan fingerprint density at radius 3 is 2.27 bits per heavy atom. The largest absolute Gasteiger partial charge is 0.389 e. The fourth-order valence-corrected chi connectivity index (χ4v) is 2.77. The molecule has 0 aromatic heterocycles. The van der Waals surface area contributed by atoms with Crippen molar-refractivity contribution in [2.24, 2.45) is 0 Å². The zero-order valence-electron chi connectivity index (χ0n) is 7.78. The third-order valence-electron chi connectivity index (χ3n) is 2.26. The van der Waals surface area contributed by atoms with Crippen LogP contribution in [0.4, 0.5) is 0 Å². The molecule has 1 aliphatic heterocycles. The van der Waals surface area contributed by atoms with Gasteiger partial charge in [-0.3, -0.25) is 4.79 Å². The van der Waals surface area contributed by atoms with Crippen LogP contribution in [0.25, 0.3) is 0 Å². The number of benzene rings is 1. The number of amides is 1. The molecule has 0 aliphatic carbocycles. The predicted octanol–water partition coefficient (Wildman–Crippen LogP) is 2.03. The second-order valence-corrected chi connectivity index (χ2v) is 5.35. The average Bonchev–Trinajstić information content (AvgIpc) is 2.10. The van der Waals surface area contributed by atoms with E-state index in [0.717, 1.165) is 8.95 Å². The van der Waals surface area contributed by atoms with Crippen LogP contribution in [0.1, 0.15) is 10.4 Å². The van der Waals surface area contributed by atoms with Crippen molar-refractivity contribution in [1.29, 1.82) is 0 Å². The molecule has 1 heterocycles. The summed E-state index contributed by atoms with van der Waals surface area (Å²) in [6.07, 6.45) is -0.357. The number of likely N-dealkylation sites (tertiary alicyclic amines) is 1. The second kappa shape index (κ2) is 4.23. The van der Waals surface area contributed by atoms with E-state index in [-0.39, 0.29) is 12.0 Å². The lowest BCUT2D eigenvalue weighted by Gasteiger charge is -2.35. The van der Waals surface area contributed by atoms with Crippen LogP contribution in [0.15, 0.2) is 27.1 Å². The van der Waals surface area contributed by atoms with Crippen LogP contribution < -0.4 is 0 Å². The molecule has 1 N–H and O–H groups in total. The lowest BCUT2D eigenvalue weighted by molar-refractivity contribution is 0.00588. The maximum absolute atomic E-state index is 11.9. The number of aliphatic hydroxyl groups is 1. The number of hydrogen-bond acceptors (Lipinski definition) is 2. The quantitative estimate of drug-likeness (QED) is 0.853. The molecule has 0 unspecified atom stereocenters. The maximum atomic E-state index is 11.9. The number of nitrogens with zero attached hydrogens (tertiary/aromatic N) is 1. The van der Waals surface area contributed by atoms with Crippen LogP contribution in [0.3, 0.4) is 0 Å². The zero-order valence-corrected chi connectivity index (χ0v) is 11.0. The Hall–Kier alpha value is -0.390. The Kier molecular flexibility index (Phi) is 3.13. The van der Waals surface area contributed by atoms with Crippen molar-refractivity contribution in [2.75, 3.05) is 13.1 Å².